The van der Waals surface area contributed by atoms with Crippen LogP contribution in [0.3, 0.4) is 0 Å². The highest BCUT2D eigenvalue weighted by atomic mass is 19.1. The molecular formula is C19H17F2N7O. The zero-order chi connectivity index (χ0) is 20.7. The maximum Gasteiger partial charge on any atom is 0.259 e. The van der Waals surface area contributed by atoms with Gasteiger partial charge in [-0.2, -0.15) is 10.1 Å². The second kappa shape index (κ2) is 7.04. The van der Waals surface area contributed by atoms with Crippen molar-refractivity contribution < 1.29 is 13.6 Å². The van der Waals surface area contributed by atoms with Crippen molar-refractivity contribution in [2.24, 2.45) is 0 Å². The Bertz CT molecular complexity index is 1210. The maximum atomic E-state index is 13.9. The second-order valence-electron chi connectivity index (χ2n) is 6.78. The minimum Gasteiger partial charge on any atom is -0.289 e. The Labute approximate surface area is 164 Å². The molecular weight excluding hydrogens is 380 g/mol. The summed E-state index contributed by atoms with van der Waals surface area (Å²) in [6, 6.07) is 5.29. The summed E-state index contributed by atoms with van der Waals surface area (Å²) in [5.74, 6) is -2.29. The van der Waals surface area contributed by atoms with Gasteiger partial charge in [-0.1, -0.05) is 6.07 Å². The molecule has 29 heavy (non-hydrogen) atoms. The SMILES string of the molecule is Cc1nc2c(cnn2C(C)C)cc1C(=O)Nc1n[nH]c(-c2c(F)cccc2F)n1. The highest BCUT2D eigenvalue weighted by Gasteiger charge is 2.19. The number of nitrogens with zero attached hydrogens (tertiary/aromatic N) is 5. The number of benzene rings is 1. The fourth-order valence-corrected chi connectivity index (χ4v) is 3.00. The molecule has 4 aromatic rings. The van der Waals surface area contributed by atoms with Gasteiger partial charge in [-0.15, -0.1) is 5.10 Å². The summed E-state index contributed by atoms with van der Waals surface area (Å²) in [6.45, 7) is 5.69. The van der Waals surface area contributed by atoms with Crippen molar-refractivity contribution in [3.63, 3.8) is 0 Å². The molecule has 0 aliphatic carbocycles. The number of anilines is 1. The van der Waals surface area contributed by atoms with Gasteiger partial charge in [-0.25, -0.2) is 18.4 Å². The molecule has 0 spiro atoms. The molecule has 0 aliphatic rings. The Morgan fingerprint density at radius 3 is 2.62 bits per heavy atom. The zero-order valence-electron chi connectivity index (χ0n) is 15.9. The molecule has 0 saturated heterocycles. The van der Waals surface area contributed by atoms with E-state index in [-0.39, 0.29) is 23.4 Å². The third-order valence-electron chi connectivity index (χ3n) is 4.40. The van der Waals surface area contributed by atoms with Gasteiger partial charge in [0.2, 0.25) is 5.95 Å². The molecule has 0 atom stereocenters. The number of aromatic amines is 1. The molecule has 4 rings (SSSR count). The fraction of sp³-hybridized carbons (Fsp3) is 0.211. The predicted octanol–water partition coefficient (Wildman–Crippen LogP) is 3.64. The number of fused-ring (bicyclic) bond motifs is 1. The minimum atomic E-state index is -0.785. The topological polar surface area (TPSA) is 101 Å². The predicted molar refractivity (Wildman–Crippen MR) is 102 cm³/mol. The molecule has 3 aromatic heterocycles. The molecule has 0 bridgehead atoms. The highest BCUT2D eigenvalue weighted by molar-refractivity contribution is 6.05. The van der Waals surface area contributed by atoms with Crippen molar-refractivity contribution in [2.45, 2.75) is 26.8 Å². The second-order valence-corrected chi connectivity index (χ2v) is 6.78. The van der Waals surface area contributed by atoms with E-state index in [9.17, 15) is 13.6 Å². The first kappa shape index (κ1) is 18.7. The molecule has 2 N–H and O–H groups in total. The van der Waals surface area contributed by atoms with Gasteiger partial charge in [0.05, 0.1) is 23.0 Å². The van der Waals surface area contributed by atoms with E-state index in [1.807, 2.05) is 13.8 Å². The van der Waals surface area contributed by atoms with Crippen LogP contribution in [0.4, 0.5) is 14.7 Å². The zero-order valence-corrected chi connectivity index (χ0v) is 15.9. The lowest BCUT2D eigenvalue weighted by Gasteiger charge is -2.08. The van der Waals surface area contributed by atoms with Crippen molar-refractivity contribution in [1.29, 1.82) is 0 Å². The molecule has 8 nitrogen and oxygen atoms in total. The minimum absolute atomic E-state index is 0.106. The van der Waals surface area contributed by atoms with E-state index < -0.39 is 17.5 Å². The lowest BCUT2D eigenvalue weighted by molar-refractivity contribution is 0.102. The molecule has 3 heterocycles. The van der Waals surface area contributed by atoms with Gasteiger partial charge in [-0.05, 0) is 39.0 Å². The number of hydrogen-bond acceptors (Lipinski definition) is 5. The third kappa shape index (κ3) is 3.33. The largest absolute Gasteiger partial charge is 0.289 e. The van der Waals surface area contributed by atoms with Crippen LogP contribution >= 0.6 is 0 Å². The van der Waals surface area contributed by atoms with Crippen molar-refractivity contribution in [3.8, 4) is 11.4 Å². The standard InChI is InChI=1S/C19H17F2N7O/c1-9(2)28-17-11(8-22-28)7-12(10(3)23-17)18(29)25-19-24-16(26-27-19)15-13(20)5-4-6-14(15)21/h4-9H,1-3H3,(H2,24,25,26,27,29). The summed E-state index contributed by atoms with van der Waals surface area (Å²) in [7, 11) is 0. The molecule has 148 valence electrons. The van der Waals surface area contributed by atoms with E-state index in [1.54, 1.807) is 23.9 Å². The number of hydrogen-bond donors (Lipinski definition) is 2. The number of amides is 1. The first-order valence-corrected chi connectivity index (χ1v) is 8.88. The smallest absolute Gasteiger partial charge is 0.259 e. The van der Waals surface area contributed by atoms with Gasteiger partial charge < -0.3 is 0 Å². The Balaban J connectivity index is 1.62. The van der Waals surface area contributed by atoms with Crippen LogP contribution in [0.25, 0.3) is 22.4 Å². The molecule has 0 unspecified atom stereocenters. The van der Waals surface area contributed by atoms with Gasteiger partial charge in [-0.3, -0.25) is 15.2 Å². The molecule has 0 fully saturated rings. The molecule has 0 radical (unpaired) electrons. The third-order valence-corrected chi connectivity index (χ3v) is 4.40. The van der Waals surface area contributed by atoms with Gasteiger partial charge >= 0.3 is 0 Å². The first-order valence-electron chi connectivity index (χ1n) is 8.88. The molecule has 0 aliphatic heterocycles. The van der Waals surface area contributed by atoms with E-state index in [0.717, 1.165) is 17.5 Å². The number of pyridine rings is 1. The lowest BCUT2D eigenvalue weighted by atomic mass is 10.1. The van der Waals surface area contributed by atoms with Crippen molar-refractivity contribution in [1.82, 2.24) is 29.9 Å². The van der Waals surface area contributed by atoms with Crippen LogP contribution in [-0.4, -0.2) is 35.9 Å². The summed E-state index contributed by atoms with van der Waals surface area (Å²) >= 11 is 0. The number of nitrogens with one attached hydrogen (secondary N) is 2. The van der Waals surface area contributed by atoms with Crippen molar-refractivity contribution in [2.75, 3.05) is 5.32 Å². The van der Waals surface area contributed by atoms with Crippen LogP contribution in [-0.2, 0) is 0 Å². The van der Waals surface area contributed by atoms with Crippen LogP contribution < -0.4 is 5.32 Å². The number of aromatic nitrogens is 6. The van der Waals surface area contributed by atoms with Gasteiger partial charge in [0, 0.05) is 11.4 Å². The summed E-state index contributed by atoms with van der Waals surface area (Å²) in [4.78, 5) is 21.1. The first-order chi connectivity index (χ1) is 13.8. The fourth-order valence-electron chi connectivity index (χ4n) is 3.00. The van der Waals surface area contributed by atoms with Crippen LogP contribution in [0.2, 0.25) is 0 Å². The normalized spacial score (nSPS) is 11.4. The van der Waals surface area contributed by atoms with E-state index in [1.165, 1.54) is 6.07 Å². The van der Waals surface area contributed by atoms with Crippen molar-refractivity contribution in [3.05, 3.63) is 53.4 Å². The van der Waals surface area contributed by atoms with E-state index in [4.69, 9.17) is 0 Å². The summed E-state index contributed by atoms with van der Waals surface area (Å²) in [5.41, 5.74) is 1.17. The van der Waals surface area contributed by atoms with Crippen LogP contribution in [0.5, 0.6) is 0 Å². The Morgan fingerprint density at radius 1 is 1.21 bits per heavy atom. The quantitative estimate of drug-likeness (QED) is 0.548. The van der Waals surface area contributed by atoms with E-state index in [0.29, 0.717) is 16.9 Å². The van der Waals surface area contributed by atoms with Gasteiger partial charge in [0.25, 0.3) is 5.91 Å². The molecule has 1 aromatic carbocycles. The Morgan fingerprint density at radius 2 is 1.93 bits per heavy atom. The number of aryl methyl sites for hydroxylation is 1. The van der Waals surface area contributed by atoms with E-state index >= 15 is 0 Å². The summed E-state index contributed by atoms with van der Waals surface area (Å²) in [6.07, 6.45) is 1.64. The molecule has 0 saturated carbocycles. The van der Waals surface area contributed by atoms with E-state index in [2.05, 4.69) is 30.6 Å². The lowest BCUT2D eigenvalue weighted by Crippen LogP contribution is -2.15. The van der Waals surface area contributed by atoms with Crippen LogP contribution in [0.15, 0.2) is 30.5 Å². The molecule has 1 amide bonds. The summed E-state index contributed by atoms with van der Waals surface area (Å²) < 4.78 is 29.6. The number of carbonyl (C=O) groups is 1. The number of halogens is 2. The highest BCUT2D eigenvalue weighted by Crippen LogP contribution is 2.24. The molecule has 10 heteroatoms. The van der Waals surface area contributed by atoms with Crippen LogP contribution in [0, 0.1) is 18.6 Å². The monoisotopic (exact) mass is 397 g/mol. The number of H-pyrrole nitrogens is 1. The van der Waals surface area contributed by atoms with Gasteiger partial charge in [0.1, 0.15) is 11.6 Å². The van der Waals surface area contributed by atoms with Crippen molar-refractivity contribution >= 4 is 22.9 Å². The van der Waals surface area contributed by atoms with Crippen LogP contribution in [0.1, 0.15) is 35.9 Å². The number of carbonyl (C=O) groups excluding carboxylic acids is 1. The summed E-state index contributed by atoms with van der Waals surface area (Å²) in [5, 5.41) is 13.8. The average Bonchev–Trinajstić information content (AvgIpc) is 3.27. The Hall–Kier alpha value is -3.69. The Kier molecular flexibility index (Phi) is 4.53. The van der Waals surface area contributed by atoms with Gasteiger partial charge in [0.15, 0.2) is 11.5 Å². The number of rotatable bonds is 4. The average molecular weight is 397 g/mol. The maximum absolute atomic E-state index is 13.9.